The number of carbonyl (C=O) groups excluding carboxylic acids is 1. The number of aliphatic hydroxyl groups is 2. The van der Waals surface area contributed by atoms with Gasteiger partial charge in [-0.15, -0.1) is 11.3 Å². The summed E-state index contributed by atoms with van der Waals surface area (Å²) < 4.78 is 52.6. The molecule has 5 aliphatic rings. The lowest BCUT2D eigenvalue weighted by atomic mass is 9.66. The molecule has 244 valence electrons. The average molecular weight is 657 g/mol. The average Bonchev–Trinajstić information content (AvgIpc) is 3.85. The Kier molecular flexibility index (Phi) is 7.48. The smallest absolute Gasteiger partial charge is 0.310 e. The van der Waals surface area contributed by atoms with E-state index >= 15 is 0 Å². The van der Waals surface area contributed by atoms with Crippen molar-refractivity contribution in [3.63, 3.8) is 0 Å². The molecular weight excluding hydrogens is 624 g/mol. The highest BCUT2D eigenvalue weighted by atomic mass is 32.1. The Labute approximate surface area is 267 Å². The Morgan fingerprint density at radius 2 is 1.65 bits per heavy atom. The number of fused-ring (bicyclic) bond motifs is 4. The van der Waals surface area contributed by atoms with Crippen molar-refractivity contribution < 1.29 is 62.7 Å². The van der Waals surface area contributed by atoms with Crippen LogP contribution in [-0.4, -0.2) is 86.2 Å². The van der Waals surface area contributed by atoms with E-state index < -0.39 is 66.8 Å². The van der Waals surface area contributed by atoms with Crippen LogP contribution in [-0.2, 0) is 28.5 Å². The quantitative estimate of drug-likeness (QED) is 0.333. The van der Waals surface area contributed by atoms with Gasteiger partial charge < -0.3 is 58.0 Å². The Morgan fingerprint density at radius 1 is 0.913 bits per heavy atom. The van der Waals surface area contributed by atoms with Crippen molar-refractivity contribution in [1.82, 2.24) is 0 Å². The normalized spacial score (nSPS) is 34.3. The summed E-state index contributed by atoms with van der Waals surface area (Å²) in [6, 6.07) is 10.7. The summed E-state index contributed by atoms with van der Waals surface area (Å²) >= 11 is 1.46. The van der Waals surface area contributed by atoms with Crippen molar-refractivity contribution >= 4 is 17.3 Å². The molecule has 3 saturated heterocycles. The molecule has 1 aromatic heterocycles. The molecule has 4 aliphatic heterocycles. The molecule has 14 heteroatoms. The highest BCUT2D eigenvalue weighted by Crippen LogP contribution is 2.57. The SMILES string of the molecule is COc1cc(C2c3cc4c(cc3C(O[C@@H]3OC5COC(c6cccs6)OC5C(O)C3O)C3COC(=O)C23)OCO4)cc(OC)c1O. The molecule has 3 aromatic rings. The Hall–Kier alpha value is -3.63. The third-order valence-electron chi connectivity index (χ3n) is 9.37. The highest BCUT2D eigenvalue weighted by molar-refractivity contribution is 7.10. The summed E-state index contributed by atoms with van der Waals surface area (Å²) in [4.78, 5) is 14.3. The number of esters is 1. The molecule has 5 heterocycles. The minimum Gasteiger partial charge on any atom is -0.502 e. The second-order valence-electron chi connectivity index (χ2n) is 11.8. The molecule has 8 rings (SSSR count). The number of thiophene rings is 1. The first-order valence-electron chi connectivity index (χ1n) is 14.9. The van der Waals surface area contributed by atoms with Gasteiger partial charge in [-0.05, 0) is 52.4 Å². The summed E-state index contributed by atoms with van der Waals surface area (Å²) in [7, 11) is 2.86. The van der Waals surface area contributed by atoms with E-state index in [2.05, 4.69) is 0 Å². The molecule has 0 saturated carbocycles. The number of phenols is 1. The predicted octanol–water partition coefficient (Wildman–Crippen LogP) is 2.75. The van der Waals surface area contributed by atoms with Crippen LogP contribution in [0.5, 0.6) is 28.7 Å². The minimum atomic E-state index is -1.47. The number of aromatic hydroxyl groups is 1. The van der Waals surface area contributed by atoms with Gasteiger partial charge in [0.2, 0.25) is 12.5 Å². The number of hydrogen-bond donors (Lipinski definition) is 3. The monoisotopic (exact) mass is 656 g/mol. The maximum Gasteiger partial charge on any atom is 0.310 e. The second kappa shape index (κ2) is 11.6. The van der Waals surface area contributed by atoms with Gasteiger partial charge in [0.15, 0.2) is 35.6 Å². The van der Waals surface area contributed by atoms with E-state index in [4.69, 9.17) is 42.6 Å². The Morgan fingerprint density at radius 3 is 2.35 bits per heavy atom. The molecule has 0 bridgehead atoms. The molecule has 2 aromatic carbocycles. The van der Waals surface area contributed by atoms with E-state index in [0.29, 0.717) is 28.2 Å². The van der Waals surface area contributed by atoms with Gasteiger partial charge >= 0.3 is 5.97 Å². The first-order valence-corrected chi connectivity index (χ1v) is 15.8. The molecule has 0 radical (unpaired) electrons. The van der Waals surface area contributed by atoms with Gasteiger partial charge in [0.1, 0.15) is 24.4 Å². The zero-order valence-electron chi connectivity index (χ0n) is 24.8. The lowest BCUT2D eigenvalue weighted by Gasteiger charge is -2.48. The number of aliphatic hydroxyl groups excluding tert-OH is 2. The first kappa shape index (κ1) is 29.8. The van der Waals surface area contributed by atoms with E-state index in [1.165, 1.54) is 25.6 Å². The molecule has 46 heavy (non-hydrogen) atoms. The Balaban J connectivity index is 1.16. The molecule has 1 aliphatic carbocycles. The molecule has 13 nitrogen and oxygen atoms in total. The number of methoxy groups -OCH3 is 2. The van der Waals surface area contributed by atoms with Gasteiger partial charge in [0, 0.05) is 11.8 Å². The van der Waals surface area contributed by atoms with E-state index in [0.717, 1.165) is 4.88 Å². The third-order valence-corrected chi connectivity index (χ3v) is 10.3. The van der Waals surface area contributed by atoms with Gasteiger partial charge in [-0.1, -0.05) is 6.07 Å². The van der Waals surface area contributed by atoms with Crippen LogP contribution >= 0.6 is 11.3 Å². The minimum absolute atomic E-state index is 0.0242. The third kappa shape index (κ3) is 4.70. The van der Waals surface area contributed by atoms with Crippen LogP contribution in [0.2, 0.25) is 0 Å². The van der Waals surface area contributed by atoms with Gasteiger partial charge in [0.05, 0.1) is 44.3 Å². The zero-order valence-corrected chi connectivity index (χ0v) is 25.6. The summed E-state index contributed by atoms with van der Waals surface area (Å²) in [5.74, 6) is -1.08. The van der Waals surface area contributed by atoms with Crippen molar-refractivity contribution in [2.24, 2.45) is 11.8 Å². The number of ether oxygens (including phenoxy) is 9. The van der Waals surface area contributed by atoms with Crippen LogP contribution in [0.3, 0.4) is 0 Å². The lowest BCUT2D eigenvalue weighted by Crippen LogP contribution is -2.62. The zero-order chi connectivity index (χ0) is 31.7. The Bertz CT molecular complexity index is 1600. The van der Waals surface area contributed by atoms with Crippen LogP contribution in [0, 0.1) is 11.8 Å². The van der Waals surface area contributed by atoms with Gasteiger partial charge in [-0.3, -0.25) is 4.79 Å². The van der Waals surface area contributed by atoms with Crippen molar-refractivity contribution in [2.45, 2.75) is 49.0 Å². The van der Waals surface area contributed by atoms with Gasteiger partial charge in [0.25, 0.3) is 0 Å². The maximum absolute atomic E-state index is 13.5. The molecule has 0 spiro atoms. The number of cyclic esters (lactones) is 1. The maximum atomic E-state index is 13.5. The summed E-state index contributed by atoms with van der Waals surface area (Å²) in [6.07, 6.45) is -7.16. The lowest BCUT2D eigenvalue weighted by molar-refractivity contribution is -0.368. The fourth-order valence-corrected chi connectivity index (χ4v) is 7.89. The molecule has 0 amide bonds. The molecule has 3 N–H and O–H groups in total. The second-order valence-corrected chi connectivity index (χ2v) is 12.7. The van der Waals surface area contributed by atoms with Crippen molar-refractivity contribution in [1.29, 1.82) is 0 Å². The molecule has 9 unspecified atom stereocenters. The number of rotatable bonds is 6. The van der Waals surface area contributed by atoms with Gasteiger partial charge in [-0.2, -0.15) is 0 Å². The molecule has 3 fully saturated rings. The van der Waals surface area contributed by atoms with Crippen LogP contribution in [0.25, 0.3) is 0 Å². The van der Waals surface area contributed by atoms with Crippen LogP contribution < -0.4 is 18.9 Å². The standard InChI is InChI=1S/C32H32O13S/c1-37-19-6-13(7-20(38-2)25(19)33)23-14-8-17-18(42-12-41-17)9-15(14)28(16-10-39-30(36)24(16)23)44-32-27(35)26(34)29-21(43-32)11-40-31(45-29)22-4-3-5-46-22/h3-9,16,21,23-24,26-29,31-35H,10-12H2,1-2H3/t16?,21?,23?,24?,26?,27?,28?,29?,31?,32-/m0/s1. The largest absolute Gasteiger partial charge is 0.502 e. The first-order chi connectivity index (χ1) is 22.4. The van der Waals surface area contributed by atoms with Crippen LogP contribution in [0.1, 0.15) is 39.9 Å². The highest BCUT2D eigenvalue weighted by Gasteiger charge is 2.56. The number of benzene rings is 2. The molecular formula is C32H32O13S. The fraction of sp³-hybridized carbons (Fsp3) is 0.469. The fourth-order valence-electron chi connectivity index (χ4n) is 7.18. The summed E-state index contributed by atoms with van der Waals surface area (Å²) in [5, 5.41) is 35.0. The van der Waals surface area contributed by atoms with Crippen molar-refractivity contribution in [2.75, 3.05) is 34.2 Å². The topological polar surface area (TPSA) is 161 Å². The summed E-state index contributed by atoms with van der Waals surface area (Å²) in [6.45, 7) is 0.171. The number of phenolic OH excluding ortho intramolecular Hbond substituents is 1. The van der Waals surface area contributed by atoms with E-state index in [1.54, 1.807) is 18.2 Å². The van der Waals surface area contributed by atoms with E-state index in [1.807, 2.05) is 23.6 Å². The number of hydrogen-bond acceptors (Lipinski definition) is 14. The van der Waals surface area contributed by atoms with Gasteiger partial charge in [-0.25, -0.2) is 0 Å². The van der Waals surface area contributed by atoms with E-state index in [9.17, 15) is 20.1 Å². The summed E-state index contributed by atoms with van der Waals surface area (Å²) in [5.41, 5.74) is 2.00. The van der Waals surface area contributed by atoms with E-state index in [-0.39, 0.29) is 37.3 Å². The molecule has 10 atom stereocenters. The van der Waals surface area contributed by atoms with Crippen molar-refractivity contribution in [3.8, 4) is 28.7 Å². The predicted molar refractivity (Wildman–Crippen MR) is 156 cm³/mol. The van der Waals surface area contributed by atoms with Crippen LogP contribution in [0.15, 0.2) is 41.8 Å². The van der Waals surface area contributed by atoms with Crippen molar-refractivity contribution in [3.05, 3.63) is 63.3 Å². The number of carbonyl (C=O) groups is 1. The van der Waals surface area contributed by atoms with Crippen LogP contribution in [0.4, 0.5) is 0 Å².